The van der Waals surface area contributed by atoms with Gasteiger partial charge in [0.05, 0.1) is 12.1 Å². The number of nitrogens with zero attached hydrogens (tertiary/aromatic N) is 1. The molecule has 17 heavy (non-hydrogen) atoms. The predicted molar refractivity (Wildman–Crippen MR) is 60.5 cm³/mol. The number of benzene rings is 1. The average molecular weight is 240 g/mol. The first-order valence-electron chi connectivity index (χ1n) is 4.88. The lowest BCUT2D eigenvalue weighted by Crippen LogP contribution is -2.10. The van der Waals surface area contributed by atoms with Crippen LogP contribution in [0.3, 0.4) is 0 Å². The van der Waals surface area contributed by atoms with Crippen LogP contribution in [-0.2, 0) is 12.6 Å². The van der Waals surface area contributed by atoms with E-state index >= 15 is 0 Å². The number of nitrogens with one attached hydrogen (secondary N) is 1. The lowest BCUT2D eigenvalue weighted by Gasteiger charge is -2.10. The van der Waals surface area contributed by atoms with Gasteiger partial charge in [0.2, 0.25) is 0 Å². The molecule has 0 unspecified atom stereocenters. The van der Waals surface area contributed by atoms with Crippen molar-refractivity contribution in [3.05, 3.63) is 35.4 Å². The number of alkyl halides is 3. The van der Waals surface area contributed by atoms with Gasteiger partial charge in [-0.15, -0.1) is 6.42 Å². The van der Waals surface area contributed by atoms with Gasteiger partial charge in [0.15, 0.2) is 0 Å². The van der Waals surface area contributed by atoms with Crippen molar-refractivity contribution in [1.29, 1.82) is 0 Å². The van der Waals surface area contributed by atoms with Crippen LogP contribution in [0, 0.1) is 12.3 Å². The second-order valence-electron chi connectivity index (χ2n) is 3.21. The van der Waals surface area contributed by atoms with Crippen LogP contribution >= 0.6 is 0 Å². The fourth-order valence-corrected chi connectivity index (χ4v) is 1.27. The smallest absolute Gasteiger partial charge is 0.298 e. The molecule has 0 aromatic heterocycles. The molecule has 5 heteroatoms. The Bertz CT molecular complexity index is 430. The fraction of sp³-hybridized carbons (Fsp3) is 0.250. The van der Waals surface area contributed by atoms with Gasteiger partial charge in [-0.1, -0.05) is 24.1 Å². The normalized spacial score (nSPS) is 11.4. The molecule has 1 aromatic rings. The molecule has 0 radical (unpaired) electrons. The molecular weight excluding hydrogens is 229 g/mol. The van der Waals surface area contributed by atoms with Crippen molar-refractivity contribution in [2.45, 2.75) is 12.6 Å². The summed E-state index contributed by atoms with van der Waals surface area (Å²) in [4.78, 5) is 0. The average Bonchev–Trinajstić information content (AvgIpc) is 2.28. The molecule has 0 aliphatic rings. The molecule has 1 rings (SSSR count). The van der Waals surface area contributed by atoms with Gasteiger partial charge < -0.3 is 0 Å². The largest absolute Gasteiger partial charge is 0.416 e. The molecule has 0 aliphatic heterocycles. The van der Waals surface area contributed by atoms with Crippen LogP contribution in [0.4, 0.5) is 13.2 Å². The van der Waals surface area contributed by atoms with E-state index in [4.69, 9.17) is 6.42 Å². The zero-order valence-corrected chi connectivity index (χ0v) is 8.96. The maximum Gasteiger partial charge on any atom is 0.416 e. The van der Waals surface area contributed by atoms with Gasteiger partial charge in [-0.2, -0.15) is 18.3 Å². The minimum atomic E-state index is -4.34. The van der Waals surface area contributed by atoms with E-state index in [9.17, 15) is 13.2 Å². The quantitative estimate of drug-likeness (QED) is 0.372. The first-order chi connectivity index (χ1) is 8.05. The second kappa shape index (κ2) is 5.94. The highest BCUT2D eigenvalue weighted by Gasteiger charge is 2.32. The van der Waals surface area contributed by atoms with Crippen LogP contribution in [-0.4, -0.2) is 12.8 Å². The molecule has 1 aromatic carbocycles. The topological polar surface area (TPSA) is 24.4 Å². The van der Waals surface area contributed by atoms with E-state index in [1.807, 2.05) is 0 Å². The highest BCUT2D eigenvalue weighted by Crippen LogP contribution is 2.31. The van der Waals surface area contributed by atoms with Crippen molar-refractivity contribution >= 4 is 6.21 Å². The van der Waals surface area contributed by atoms with Gasteiger partial charge in [-0.3, -0.25) is 5.43 Å². The van der Waals surface area contributed by atoms with E-state index in [1.165, 1.54) is 18.3 Å². The summed E-state index contributed by atoms with van der Waals surface area (Å²) in [6.07, 6.45) is 2.10. The lowest BCUT2D eigenvalue weighted by atomic mass is 10.1. The van der Waals surface area contributed by atoms with Crippen LogP contribution < -0.4 is 5.43 Å². The first kappa shape index (κ1) is 13.1. The minimum Gasteiger partial charge on any atom is -0.298 e. The Morgan fingerprint density at radius 2 is 2.06 bits per heavy atom. The maximum absolute atomic E-state index is 12.6. The summed E-state index contributed by atoms with van der Waals surface area (Å²) in [5.41, 5.74) is 2.07. The molecule has 2 nitrogen and oxygen atoms in total. The van der Waals surface area contributed by atoms with Crippen molar-refractivity contribution in [2.24, 2.45) is 5.10 Å². The third kappa shape index (κ3) is 4.19. The summed E-state index contributed by atoms with van der Waals surface area (Å²) in [6.45, 7) is 0.247. The summed E-state index contributed by atoms with van der Waals surface area (Å²) in [5, 5.41) is 3.69. The van der Waals surface area contributed by atoms with Gasteiger partial charge in [0.25, 0.3) is 0 Å². The van der Waals surface area contributed by atoms with Gasteiger partial charge in [0, 0.05) is 12.6 Å². The van der Waals surface area contributed by atoms with E-state index < -0.39 is 11.7 Å². The number of halogens is 3. The third-order valence-corrected chi connectivity index (χ3v) is 2.00. The molecule has 90 valence electrons. The Morgan fingerprint density at radius 3 is 2.71 bits per heavy atom. The summed E-state index contributed by atoms with van der Waals surface area (Å²) in [5.74, 6) is 2.30. The molecule has 0 atom stereocenters. The van der Waals surface area contributed by atoms with Crippen molar-refractivity contribution in [1.82, 2.24) is 5.43 Å². The monoisotopic (exact) mass is 240 g/mol. The Labute approximate surface area is 97.5 Å². The Morgan fingerprint density at radius 1 is 1.35 bits per heavy atom. The third-order valence-electron chi connectivity index (χ3n) is 2.00. The Kier molecular flexibility index (Phi) is 4.58. The number of hydrazone groups is 1. The van der Waals surface area contributed by atoms with Crippen molar-refractivity contribution < 1.29 is 13.2 Å². The summed E-state index contributed by atoms with van der Waals surface area (Å²) in [7, 11) is 0. The van der Waals surface area contributed by atoms with E-state index in [-0.39, 0.29) is 18.5 Å². The Hall–Kier alpha value is -1.96. The van der Waals surface area contributed by atoms with Crippen LogP contribution in [0.2, 0.25) is 0 Å². The van der Waals surface area contributed by atoms with Gasteiger partial charge >= 0.3 is 6.18 Å². The number of rotatable bonds is 4. The summed E-state index contributed by atoms with van der Waals surface area (Å²) >= 11 is 0. The summed E-state index contributed by atoms with van der Waals surface area (Å²) in [6, 6.07) is 5.40. The molecule has 0 spiro atoms. The van der Waals surface area contributed by atoms with Crippen molar-refractivity contribution in [2.75, 3.05) is 6.54 Å². The molecule has 0 saturated heterocycles. The van der Waals surface area contributed by atoms with E-state index in [1.54, 1.807) is 6.07 Å². The van der Waals surface area contributed by atoms with Crippen molar-refractivity contribution in [3.8, 4) is 12.3 Å². The first-order valence-corrected chi connectivity index (χ1v) is 4.88. The number of terminal acetylenes is 1. The van der Waals surface area contributed by atoms with Gasteiger partial charge in [-0.25, -0.2) is 0 Å². The second-order valence-corrected chi connectivity index (χ2v) is 3.21. The molecule has 0 heterocycles. The highest BCUT2D eigenvalue weighted by molar-refractivity contribution is 5.62. The Balaban J connectivity index is 2.72. The fourth-order valence-electron chi connectivity index (χ4n) is 1.27. The minimum absolute atomic E-state index is 0.104. The van der Waals surface area contributed by atoms with Crippen LogP contribution in [0.15, 0.2) is 29.4 Å². The zero-order chi connectivity index (χ0) is 12.7. The molecule has 0 aliphatic carbocycles. The van der Waals surface area contributed by atoms with E-state index in [0.29, 0.717) is 0 Å². The maximum atomic E-state index is 12.6. The highest BCUT2D eigenvalue weighted by atomic mass is 19.4. The van der Waals surface area contributed by atoms with E-state index in [0.717, 1.165) is 6.07 Å². The predicted octanol–water partition coefficient (Wildman–Crippen LogP) is 2.46. The molecule has 0 saturated carbocycles. The number of hydrogen-bond acceptors (Lipinski definition) is 2. The molecule has 0 amide bonds. The van der Waals surface area contributed by atoms with Crippen molar-refractivity contribution in [3.63, 3.8) is 0 Å². The number of hydrogen-bond donors (Lipinski definition) is 1. The molecule has 1 N–H and O–H groups in total. The molecular formula is C12H11F3N2. The zero-order valence-electron chi connectivity index (χ0n) is 8.96. The van der Waals surface area contributed by atoms with E-state index in [2.05, 4.69) is 16.4 Å². The van der Waals surface area contributed by atoms with Crippen LogP contribution in [0.5, 0.6) is 0 Å². The standard InChI is InChI=1S/C12H11F3N2/c1-2-8-16-17-9-7-10-5-3-4-6-11(10)12(13,14)15/h1,3-6,9,16H,7-8H2/b17-9+. The van der Waals surface area contributed by atoms with Crippen LogP contribution in [0.1, 0.15) is 11.1 Å². The van der Waals surface area contributed by atoms with Gasteiger partial charge in [-0.05, 0) is 11.6 Å². The van der Waals surface area contributed by atoms with Gasteiger partial charge in [0.1, 0.15) is 0 Å². The SMILES string of the molecule is C#CCN/N=C/Cc1ccccc1C(F)(F)F. The lowest BCUT2D eigenvalue weighted by molar-refractivity contribution is -0.138. The van der Waals surface area contributed by atoms with Crippen LogP contribution in [0.25, 0.3) is 0 Å². The molecule has 0 fully saturated rings. The summed E-state index contributed by atoms with van der Waals surface area (Å²) < 4.78 is 37.8. The molecule has 0 bridgehead atoms.